The molecule has 0 unspecified atom stereocenters. The summed E-state index contributed by atoms with van der Waals surface area (Å²) in [5, 5.41) is 2.50. The van der Waals surface area contributed by atoms with Crippen molar-refractivity contribution in [2.75, 3.05) is 6.61 Å². The van der Waals surface area contributed by atoms with E-state index in [9.17, 15) is 9.18 Å². The van der Waals surface area contributed by atoms with E-state index in [1.807, 2.05) is 0 Å². The first-order valence-corrected chi connectivity index (χ1v) is 7.70. The molecule has 112 valence electrons. The van der Waals surface area contributed by atoms with Crippen LogP contribution in [0.5, 0.6) is 0 Å². The van der Waals surface area contributed by atoms with Crippen LogP contribution in [0.2, 0.25) is 5.02 Å². The number of aromatic nitrogens is 1. The maximum Gasteiger partial charge on any atom is 0.317 e. The van der Waals surface area contributed by atoms with Crippen molar-refractivity contribution in [3.63, 3.8) is 0 Å². The van der Waals surface area contributed by atoms with Crippen LogP contribution < -0.4 is 0 Å². The maximum absolute atomic E-state index is 13.5. The number of hydrogen-bond donors (Lipinski definition) is 0. The first kappa shape index (κ1) is 15.9. The molecule has 1 aromatic carbocycles. The summed E-state index contributed by atoms with van der Waals surface area (Å²) in [5.41, 5.74) is 0.402. The molecule has 0 N–H and O–H groups in total. The third-order valence-electron chi connectivity index (χ3n) is 3.10. The minimum Gasteiger partial charge on any atom is -0.465 e. The standard InChI is InChI=1S/C15H15ClFNO2S/c1-4-20-14(19)15(2,3)12-8-21-13(18-12)9-5-6-10(16)11(17)7-9/h5-8H,4H2,1-3H3. The lowest BCUT2D eigenvalue weighted by Crippen LogP contribution is -2.31. The van der Waals surface area contributed by atoms with Crippen molar-refractivity contribution in [3.05, 3.63) is 40.1 Å². The van der Waals surface area contributed by atoms with E-state index < -0.39 is 11.2 Å². The van der Waals surface area contributed by atoms with Crippen molar-refractivity contribution in [2.45, 2.75) is 26.2 Å². The van der Waals surface area contributed by atoms with Gasteiger partial charge in [0.25, 0.3) is 0 Å². The molecule has 3 nitrogen and oxygen atoms in total. The molecule has 0 aliphatic heterocycles. The Morgan fingerprint density at radius 3 is 2.81 bits per heavy atom. The highest BCUT2D eigenvalue weighted by atomic mass is 35.5. The third kappa shape index (κ3) is 3.24. The second-order valence-corrected chi connectivity index (χ2v) is 6.28. The van der Waals surface area contributed by atoms with Gasteiger partial charge in [-0.1, -0.05) is 17.7 Å². The normalized spacial score (nSPS) is 11.5. The molecule has 0 aliphatic carbocycles. The zero-order chi connectivity index (χ0) is 15.6. The van der Waals surface area contributed by atoms with E-state index >= 15 is 0 Å². The molecule has 6 heteroatoms. The number of hydrogen-bond acceptors (Lipinski definition) is 4. The molecule has 0 bridgehead atoms. The summed E-state index contributed by atoms with van der Waals surface area (Å²) in [7, 11) is 0. The van der Waals surface area contributed by atoms with E-state index in [2.05, 4.69) is 4.98 Å². The topological polar surface area (TPSA) is 39.2 Å². The summed E-state index contributed by atoms with van der Waals surface area (Å²) in [4.78, 5) is 16.4. The first-order valence-electron chi connectivity index (χ1n) is 6.45. The molecule has 0 aliphatic rings. The van der Waals surface area contributed by atoms with Gasteiger partial charge in [-0.3, -0.25) is 4.79 Å². The van der Waals surface area contributed by atoms with Gasteiger partial charge >= 0.3 is 5.97 Å². The number of nitrogens with zero attached hydrogens (tertiary/aromatic N) is 1. The highest BCUT2D eigenvalue weighted by molar-refractivity contribution is 7.13. The van der Waals surface area contributed by atoms with Gasteiger partial charge in [-0.2, -0.15) is 0 Å². The van der Waals surface area contributed by atoms with Crippen LogP contribution in [-0.4, -0.2) is 17.6 Å². The van der Waals surface area contributed by atoms with Gasteiger partial charge < -0.3 is 4.74 Å². The Hall–Kier alpha value is -1.46. The van der Waals surface area contributed by atoms with Crippen LogP contribution in [0, 0.1) is 5.82 Å². The molecule has 0 spiro atoms. The van der Waals surface area contributed by atoms with Gasteiger partial charge in [0.05, 0.1) is 17.3 Å². The molecule has 0 fully saturated rings. The predicted octanol–water partition coefficient (Wildman–Crippen LogP) is 4.44. The second-order valence-electron chi connectivity index (χ2n) is 5.01. The van der Waals surface area contributed by atoms with Crippen LogP contribution in [0.25, 0.3) is 10.6 Å². The molecule has 0 saturated heterocycles. The lowest BCUT2D eigenvalue weighted by Gasteiger charge is -2.19. The molecular formula is C15H15ClFNO2S. The molecule has 2 rings (SSSR count). The van der Waals surface area contributed by atoms with Crippen molar-refractivity contribution in [2.24, 2.45) is 0 Å². The Balaban J connectivity index is 2.33. The SMILES string of the molecule is CCOC(=O)C(C)(C)c1csc(-c2ccc(Cl)c(F)c2)n1. The molecule has 0 atom stereocenters. The minimum atomic E-state index is -0.838. The lowest BCUT2D eigenvalue weighted by atomic mass is 9.90. The molecule has 21 heavy (non-hydrogen) atoms. The van der Waals surface area contributed by atoms with Gasteiger partial charge in [-0.25, -0.2) is 9.37 Å². The number of esters is 1. The van der Waals surface area contributed by atoms with Crippen LogP contribution >= 0.6 is 22.9 Å². The van der Waals surface area contributed by atoms with Crippen molar-refractivity contribution < 1.29 is 13.9 Å². The Morgan fingerprint density at radius 1 is 1.48 bits per heavy atom. The summed E-state index contributed by atoms with van der Waals surface area (Å²) in [6, 6.07) is 4.53. The summed E-state index contributed by atoms with van der Waals surface area (Å²) in [6.07, 6.45) is 0. The molecule has 1 heterocycles. The number of rotatable bonds is 4. The second kappa shape index (κ2) is 6.12. The molecule has 0 amide bonds. The van der Waals surface area contributed by atoms with Crippen LogP contribution in [0.4, 0.5) is 4.39 Å². The van der Waals surface area contributed by atoms with Crippen molar-refractivity contribution in [1.29, 1.82) is 0 Å². The average Bonchev–Trinajstić information content (AvgIpc) is 2.92. The van der Waals surface area contributed by atoms with Crippen molar-refractivity contribution in [1.82, 2.24) is 4.98 Å². The Morgan fingerprint density at radius 2 is 2.19 bits per heavy atom. The minimum absolute atomic E-state index is 0.0717. The van der Waals surface area contributed by atoms with Crippen LogP contribution in [0.3, 0.4) is 0 Å². The van der Waals surface area contributed by atoms with Crippen molar-refractivity contribution >= 4 is 28.9 Å². The Bertz CT molecular complexity index is 669. The monoisotopic (exact) mass is 327 g/mol. The summed E-state index contributed by atoms with van der Waals surface area (Å²) < 4.78 is 18.6. The van der Waals surface area contributed by atoms with Crippen molar-refractivity contribution in [3.8, 4) is 10.6 Å². The van der Waals surface area contributed by atoms with Gasteiger partial charge in [-0.15, -0.1) is 11.3 Å². The zero-order valence-electron chi connectivity index (χ0n) is 11.9. The summed E-state index contributed by atoms with van der Waals surface area (Å²) >= 11 is 7.02. The molecule has 0 radical (unpaired) electrons. The lowest BCUT2D eigenvalue weighted by molar-refractivity contribution is -0.148. The highest BCUT2D eigenvalue weighted by Gasteiger charge is 2.34. The fourth-order valence-electron chi connectivity index (χ4n) is 1.74. The fourth-order valence-corrected chi connectivity index (χ4v) is 2.84. The van der Waals surface area contributed by atoms with Crippen LogP contribution in [-0.2, 0) is 14.9 Å². The third-order valence-corrected chi connectivity index (χ3v) is 4.29. The van der Waals surface area contributed by atoms with Gasteiger partial charge in [0.1, 0.15) is 16.2 Å². The van der Waals surface area contributed by atoms with E-state index in [-0.39, 0.29) is 11.0 Å². The largest absolute Gasteiger partial charge is 0.465 e. The zero-order valence-corrected chi connectivity index (χ0v) is 13.5. The molecule has 0 saturated carbocycles. The summed E-state index contributed by atoms with van der Waals surface area (Å²) in [5.74, 6) is -0.820. The predicted molar refractivity (Wildman–Crippen MR) is 82.2 cm³/mol. The smallest absolute Gasteiger partial charge is 0.317 e. The first-order chi connectivity index (χ1) is 9.86. The molecular weight excluding hydrogens is 313 g/mol. The number of ether oxygens (including phenoxy) is 1. The van der Waals surface area contributed by atoms with Crippen LogP contribution in [0.1, 0.15) is 26.5 Å². The van der Waals surface area contributed by atoms with E-state index in [1.54, 1.807) is 32.2 Å². The Labute approximate surface area is 131 Å². The van der Waals surface area contributed by atoms with E-state index in [1.165, 1.54) is 23.5 Å². The fraction of sp³-hybridized carbons (Fsp3) is 0.333. The van der Waals surface area contributed by atoms with Crippen LogP contribution in [0.15, 0.2) is 23.6 Å². The van der Waals surface area contributed by atoms with E-state index in [0.29, 0.717) is 22.9 Å². The molecule has 1 aromatic heterocycles. The van der Waals surface area contributed by atoms with Gasteiger partial charge in [0, 0.05) is 10.9 Å². The average molecular weight is 328 g/mol. The number of carbonyl (C=O) groups is 1. The van der Waals surface area contributed by atoms with E-state index in [4.69, 9.17) is 16.3 Å². The highest BCUT2D eigenvalue weighted by Crippen LogP contribution is 2.32. The number of benzene rings is 1. The Kier molecular flexibility index (Phi) is 4.64. The molecule has 2 aromatic rings. The van der Waals surface area contributed by atoms with Gasteiger partial charge in [-0.05, 0) is 32.9 Å². The van der Waals surface area contributed by atoms with E-state index in [0.717, 1.165) is 0 Å². The quantitative estimate of drug-likeness (QED) is 0.779. The number of carbonyl (C=O) groups excluding carboxylic acids is 1. The van der Waals surface area contributed by atoms with Gasteiger partial charge in [0.2, 0.25) is 0 Å². The number of thiazole rings is 1. The summed E-state index contributed by atoms with van der Waals surface area (Å²) in [6.45, 7) is 5.59. The van der Waals surface area contributed by atoms with Gasteiger partial charge in [0.15, 0.2) is 0 Å². The number of halogens is 2. The maximum atomic E-state index is 13.5.